The fourth-order valence-corrected chi connectivity index (χ4v) is 4.02. The van der Waals surface area contributed by atoms with Crippen LogP contribution in [-0.2, 0) is 4.79 Å². The van der Waals surface area contributed by atoms with Crippen molar-refractivity contribution >= 4 is 56.1 Å². The number of carbonyl (C=O) groups excluding carboxylic acids is 2. The quantitative estimate of drug-likeness (QED) is 0.623. The summed E-state index contributed by atoms with van der Waals surface area (Å²) in [6.07, 6.45) is 1.76. The molecule has 0 radical (unpaired) electrons. The average Bonchev–Trinajstić information content (AvgIpc) is 3.27. The van der Waals surface area contributed by atoms with Crippen LogP contribution in [0.1, 0.15) is 16.6 Å². The van der Waals surface area contributed by atoms with E-state index in [9.17, 15) is 9.59 Å². The maximum atomic E-state index is 12.3. The van der Waals surface area contributed by atoms with Gasteiger partial charge < -0.3 is 10.6 Å². The molecular weight excluding hydrogens is 422 g/mol. The molecular formula is C17H14BrN3O2S2. The third-order valence-electron chi connectivity index (χ3n) is 3.37. The first kappa shape index (κ1) is 17.8. The molecule has 2 N–H and O–H groups in total. The minimum absolute atomic E-state index is 0.266. The van der Waals surface area contributed by atoms with E-state index in [4.69, 9.17) is 0 Å². The van der Waals surface area contributed by atoms with E-state index in [0.29, 0.717) is 10.6 Å². The molecule has 128 valence electrons. The Kier molecular flexibility index (Phi) is 5.62. The smallest absolute Gasteiger partial charge is 0.262 e. The molecule has 1 aromatic carbocycles. The second-order valence-corrected chi connectivity index (χ2v) is 8.56. The minimum Gasteiger partial charge on any atom is -0.340 e. The molecule has 0 spiro atoms. The normalized spacial score (nSPS) is 11.8. The van der Waals surface area contributed by atoms with Gasteiger partial charge in [-0.25, -0.2) is 4.98 Å². The summed E-state index contributed by atoms with van der Waals surface area (Å²) < 4.78 is 0.870. The number of thiazole rings is 1. The Labute approximate surface area is 161 Å². The number of halogens is 1. The summed E-state index contributed by atoms with van der Waals surface area (Å²) in [6.45, 7) is 1.65. The molecule has 0 saturated heterocycles. The fourth-order valence-electron chi connectivity index (χ4n) is 2.08. The monoisotopic (exact) mass is 435 g/mol. The summed E-state index contributed by atoms with van der Waals surface area (Å²) in [7, 11) is 0. The molecule has 0 saturated carbocycles. The largest absolute Gasteiger partial charge is 0.340 e. The van der Waals surface area contributed by atoms with Crippen LogP contribution in [0.25, 0.3) is 10.6 Å². The standard InChI is InChI=1S/C17H14BrN3O2S2/c1-10(20-16(23)13-6-7-14(18)25-13)15(22)21-12-4-2-11(3-5-12)17-19-8-9-24-17/h2-10H,1H3,(H,20,23)(H,21,22). The summed E-state index contributed by atoms with van der Waals surface area (Å²) in [5.41, 5.74) is 1.67. The lowest BCUT2D eigenvalue weighted by atomic mass is 10.2. The zero-order valence-corrected chi connectivity index (χ0v) is 16.4. The van der Waals surface area contributed by atoms with Gasteiger partial charge in [0.15, 0.2) is 0 Å². The van der Waals surface area contributed by atoms with Gasteiger partial charge in [0.05, 0.1) is 8.66 Å². The Morgan fingerprint density at radius 3 is 2.52 bits per heavy atom. The Morgan fingerprint density at radius 2 is 1.92 bits per heavy atom. The number of hydrogen-bond acceptors (Lipinski definition) is 5. The van der Waals surface area contributed by atoms with Crippen molar-refractivity contribution in [2.75, 3.05) is 5.32 Å². The molecule has 25 heavy (non-hydrogen) atoms. The molecule has 3 rings (SSSR count). The molecule has 8 heteroatoms. The van der Waals surface area contributed by atoms with Gasteiger partial charge in [-0.05, 0) is 59.3 Å². The number of carbonyl (C=O) groups is 2. The van der Waals surface area contributed by atoms with Crippen molar-refractivity contribution in [2.24, 2.45) is 0 Å². The van der Waals surface area contributed by atoms with Gasteiger partial charge in [0.1, 0.15) is 11.0 Å². The number of hydrogen-bond donors (Lipinski definition) is 2. The van der Waals surface area contributed by atoms with Crippen molar-refractivity contribution in [3.63, 3.8) is 0 Å². The number of thiophene rings is 1. The number of nitrogens with zero attached hydrogens (tertiary/aromatic N) is 1. The van der Waals surface area contributed by atoms with Gasteiger partial charge in [-0.2, -0.15) is 0 Å². The van der Waals surface area contributed by atoms with E-state index in [-0.39, 0.29) is 11.8 Å². The Bertz CT molecular complexity index is 876. The van der Waals surface area contributed by atoms with Crippen LogP contribution < -0.4 is 10.6 Å². The van der Waals surface area contributed by atoms with Crippen molar-refractivity contribution in [1.29, 1.82) is 0 Å². The zero-order valence-electron chi connectivity index (χ0n) is 13.2. The molecule has 0 aliphatic rings. The highest BCUT2D eigenvalue weighted by Crippen LogP contribution is 2.23. The van der Waals surface area contributed by atoms with Gasteiger partial charge >= 0.3 is 0 Å². The first-order valence-electron chi connectivity index (χ1n) is 7.40. The van der Waals surface area contributed by atoms with Crippen molar-refractivity contribution in [1.82, 2.24) is 10.3 Å². The van der Waals surface area contributed by atoms with Crippen molar-refractivity contribution < 1.29 is 9.59 Å². The molecule has 1 atom stereocenters. The number of nitrogens with one attached hydrogen (secondary N) is 2. The van der Waals surface area contributed by atoms with Gasteiger partial charge in [-0.1, -0.05) is 0 Å². The minimum atomic E-state index is -0.646. The molecule has 2 aromatic heterocycles. The van der Waals surface area contributed by atoms with E-state index in [1.165, 1.54) is 11.3 Å². The van der Waals surface area contributed by atoms with Crippen LogP contribution in [0.3, 0.4) is 0 Å². The number of benzene rings is 1. The SMILES string of the molecule is CC(NC(=O)c1ccc(Br)s1)C(=O)Nc1ccc(-c2nccs2)cc1. The van der Waals surface area contributed by atoms with Gasteiger partial charge in [0.2, 0.25) is 5.91 Å². The molecule has 0 aliphatic carbocycles. The molecule has 2 amide bonds. The highest BCUT2D eigenvalue weighted by Gasteiger charge is 2.18. The molecule has 0 bridgehead atoms. The average molecular weight is 436 g/mol. The molecule has 3 aromatic rings. The number of anilines is 1. The van der Waals surface area contributed by atoms with E-state index < -0.39 is 6.04 Å². The molecule has 5 nitrogen and oxygen atoms in total. The topological polar surface area (TPSA) is 71.1 Å². The van der Waals surface area contributed by atoms with Crippen molar-refractivity contribution in [2.45, 2.75) is 13.0 Å². The van der Waals surface area contributed by atoms with E-state index in [1.54, 1.807) is 36.6 Å². The van der Waals surface area contributed by atoms with Gasteiger partial charge in [-0.3, -0.25) is 9.59 Å². The summed E-state index contributed by atoms with van der Waals surface area (Å²) in [5.74, 6) is -0.538. The third kappa shape index (κ3) is 4.53. The van der Waals surface area contributed by atoms with Gasteiger partial charge in [-0.15, -0.1) is 22.7 Å². The van der Waals surface area contributed by atoms with E-state index in [0.717, 1.165) is 14.4 Å². The van der Waals surface area contributed by atoms with Crippen molar-refractivity contribution in [3.8, 4) is 10.6 Å². The van der Waals surface area contributed by atoms with Gasteiger partial charge in [0, 0.05) is 22.8 Å². The van der Waals surface area contributed by atoms with Crippen LogP contribution in [0.5, 0.6) is 0 Å². The number of amides is 2. The van der Waals surface area contributed by atoms with Crippen LogP contribution in [-0.4, -0.2) is 22.8 Å². The van der Waals surface area contributed by atoms with Crippen LogP contribution >= 0.6 is 38.6 Å². The van der Waals surface area contributed by atoms with Crippen LogP contribution in [0, 0.1) is 0 Å². The second kappa shape index (κ2) is 7.90. The predicted molar refractivity (Wildman–Crippen MR) is 105 cm³/mol. The number of aromatic nitrogens is 1. The van der Waals surface area contributed by atoms with E-state index >= 15 is 0 Å². The first-order valence-corrected chi connectivity index (χ1v) is 9.89. The van der Waals surface area contributed by atoms with E-state index in [2.05, 4.69) is 31.5 Å². The lowest BCUT2D eigenvalue weighted by molar-refractivity contribution is -0.117. The Hall–Kier alpha value is -2.03. The van der Waals surface area contributed by atoms with Gasteiger partial charge in [0.25, 0.3) is 5.91 Å². The van der Waals surface area contributed by atoms with Crippen LogP contribution in [0.2, 0.25) is 0 Å². The summed E-state index contributed by atoms with van der Waals surface area (Å²) >= 11 is 6.20. The third-order valence-corrected chi connectivity index (χ3v) is 5.81. The summed E-state index contributed by atoms with van der Waals surface area (Å²) in [6, 6.07) is 10.3. The molecule has 0 fully saturated rings. The molecule has 1 unspecified atom stereocenters. The van der Waals surface area contributed by atoms with Crippen LogP contribution in [0.15, 0.2) is 51.8 Å². The zero-order chi connectivity index (χ0) is 17.8. The Balaban J connectivity index is 1.58. The first-order chi connectivity index (χ1) is 12.0. The summed E-state index contributed by atoms with van der Waals surface area (Å²) in [4.78, 5) is 29.2. The molecule has 2 heterocycles. The maximum Gasteiger partial charge on any atom is 0.262 e. The fraction of sp³-hybridized carbons (Fsp3) is 0.118. The highest BCUT2D eigenvalue weighted by atomic mass is 79.9. The van der Waals surface area contributed by atoms with E-state index in [1.807, 2.05) is 29.6 Å². The predicted octanol–water partition coefficient (Wildman–Crippen LogP) is 4.39. The summed E-state index contributed by atoms with van der Waals surface area (Å²) in [5, 5.41) is 8.34. The van der Waals surface area contributed by atoms with Crippen LogP contribution in [0.4, 0.5) is 5.69 Å². The lowest BCUT2D eigenvalue weighted by Gasteiger charge is -2.13. The lowest BCUT2D eigenvalue weighted by Crippen LogP contribution is -2.41. The second-order valence-electron chi connectivity index (χ2n) is 5.20. The van der Waals surface area contributed by atoms with Crippen molar-refractivity contribution in [3.05, 3.63) is 56.6 Å². The number of rotatable bonds is 5. The Morgan fingerprint density at radius 1 is 1.16 bits per heavy atom. The molecule has 0 aliphatic heterocycles. The highest BCUT2D eigenvalue weighted by molar-refractivity contribution is 9.11. The maximum absolute atomic E-state index is 12.3.